The van der Waals surface area contributed by atoms with E-state index in [0.717, 1.165) is 19.5 Å². The Morgan fingerprint density at radius 2 is 2.38 bits per heavy atom. The Labute approximate surface area is 94.8 Å². The summed E-state index contributed by atoms with van der Waals surface area (Å²) in [7, 11) is 1.74. The summed E-state index contributed by atoms with van der Waals surface area (Å²) in [5, 5.41) is 7.83. The SMILES string of the molecule is COC1CN(c2nnc(CN)o2)CCC1C. The zero-order valence-corrected chi connectivity index (χ0v) is 9.72. The molecule has 0 bridgehead atoms. The largest absolute Gasteiger partial charge is 0.407 e. The third-order valence-electron chi connectivity index (χ3n) is 3.09. The third-order valence-corrected chi connectivity index (χ3v) is 3.09. The maximum atomic E-state index is 5.43. The predicted octanol–water partition coefficient (Wildman–Crippen LogP) is 0.389. The van der Waals surface area contributed by atoms with Crippen molar-refractivity contribution < 1.29 is 9.15 Å². The van der Waals surface area contributed by atoms with E-state index >= 15 is 0 Å². The lowest BCUT2D eigenvalue weighted by atomic mass is 9.96. The van der Waals surface area contributed by atoms with Crippen LogP contribution in [0.25, 0.3) is 0 Å². The molecule has 2 heterocycles. The topological polar surface area (TPSA) is 77.4 Å². The number of piperidine rings is 1. The summed E-state index contributed by atoms with van der Waals surface area (Å²) in [5.41, 5.74) is 5.43. The van der Waals surface area contributed by atoms with Crippen molar-refractivity contribution in [3.05, 3.63) is 5.89 Å². The second-order valence-corrected chi connectivity index (χ2v) is 4.17. The normalized spacial score (nSPS) is 26.1. The molecule has 2 rings (SSSR count). The lowest BCUT2D eigenvalue weighted by molar-refractivity contribution is 0.0485. The Morgan fingerprint density at radius 1 is 1.56 bits per heavy atom. The van der Waals surface area contributed by atoms with Gasteiger partial charge in [-0.3, -0.25) is 0 Å². The highest BCUT2D eigenvalue weighted by Crippen LogP contribution is 2.23. The van der Waals surface area contributed by atoms with Crippen LogP contribution in [-0.2, 0) is 11.3 Å². The van der Waals surface area contributed by atoms with Crippen molar-refractivity contribution in [1.29, 1.82) is 0 Å². The molecule has 6 nitrogen and oxygen atoms in total. The molecule has 1 fully saturated rings. The average Bonchev–Trinajstić information content (AvgIpc) is 2.78. The Morgan fingerprint density at radius 3 is 3.00 bits per heavy atom. The smallest absolute Gasteiger partial charge is 0.318 e. The van der Waals surface area contributed by atoms with E-state index in [2.05, 4.69) is 22.0 Å². The first-order valence-corrected chi connectivity index (χ1v) is 5.54. The molecular formula is C10H18N4O2. The molecule has 0 radical (unpaired) electrons. The molecule has 90 valence electrons. The molecule has 16 heavy (non-hydrogen) atoms. The van der Waals surface area contributed by atoms with E-state index in [4.69, 9.17) is 14.9 Å². The van der Waals surface area contributed by atoms with Gasteiger partial charge in [0.15, 0.2) is 0 Å². The lowest BCUT2D eigenvalue weighted by Gasteiger charge is -2.34. The number of hydrogen-bond acceptors (Lipinski definition) is 6. The van der Waals surface area contributed by atoms with Crippen molar-refractivity contribution in [1.82, 2.24) is 10.2 Å². The van der Waals surface area contributed by atoms with Crippen LogP contribution in [0.1, 0.15) is 19.2 Å². The number of ether oxygens (including phenoxy) is 1. The molecule has 1 aliphatic rings. The summed E-state index contributed by atoms with van der Waals surface area (Å²) in [6, 6.07) is 0.550. The molecule has 0 spiro atoms. The van der Waals surface area contributed by atoms with Gasteiger partial charge in [0.1, 0.15) is 0 Å². The van der Waals surface area contributed by atoms with Gasteiger partial charge in [-0.05, 0) is 12.3 Å². The zero-order chi connectivity index (χ0) is 11.5. The van der Waals surface area contributed by atoms with Crippen LogP contribution in [-0.4, -0.2) is 36.5 Å². The number of nitrogens with zero attached hydrogens (tertiary/aromatic N) is 3. The van der Waals surface area contributed by atoms with E-state index in [9.17, 15) is 0 Å². The third kappa shape index (κ3) is 2.17. The van der Waals surface area contributed by atoms with Crippen LogP contribution in [0, 0.1) is 5.92 Å². The molecule has 2 unspecified atom stereocenters. The summed E-state index contributed by atoms with van der Waals surface area (Å²) >= 11 is 0. The van der Waals surface area contributed by atoms with Gasteiger partial charge in [0.25, 0.3) is 0 Å². The Hall–Kier alpha value is -1.14. The molecule has 1 aliphatic heterocycles. The molecule has 1 aromatic rings. The number of nitrogens with two attached hydrogens (primary N) is 1. The standard InChI is InChI=1S/C10H18N4O2/c1-7-3-4-14(6-8(7)15-2)10-13-12-9(5-11)16-10/h7-8H,3-6,11H2,1-2H3. The number of aromatic nitrogens is 2. The van der Waals surface area contributed by atoms with Crippen LogP contribution >= 0.6 is 0 Å². The number of methoxy groups -OCH3 is 1. The molecule has 0 aromatic carbocycles. The number of hydrogen-bond donors (Lipinski definition) is 1. The summed E-state index contributed by atoms with van der Waals surface area (Å²) < 4.78 is 10.9. The fourth-order valence-corrected chi connectivity index (χ4v) is 1.97. The van der Waals surface area contributed by atoms with Crippen molar-refractivity contribution >= 4 is 6.01 Å². The summed E-state index contributed by atoms with van der Waals surface area (Å²) in [6.07, 6.45) is 1.29. The van der Waals surface area contributed by atoms with Crippen molar-refractivity contribution in [2.45, 2.75) is 26.0 Å². The quantitative estimate of drug-likeness (QED) is 0.803. The second kappa shape index (κ2) is 4.80. The van der Waals surface area contributed by atoms with E-state index in [1.807, 2.05) is 0 Å². The number of anilines is 1. The first-order valence-electron chi connectivity index (χ1n) is 5.54. The monoisotopic (exact) mass is 226 g/mol. The van der Waals surface area contributed by atoms with Crippen molar-refractivity contribution in [3.8, 4) is 0 Å². The Balaban J connectivity index is 2.05. The predicted molar refractivity (Wildman–Crippen MR) is 59.0 cm³/mol. The summed E-state index contributed by atoms with van der Waals surface area (Å²) in [6.45, 7) is 4.20. The van der Waals surface area contributed by atoms with Crippen LogP contribution in [0.4, 0.5) is 6.01 Å². The van der Waals surface area contributed by atoms with E-state index < -0.39 is 0 Å². The van der Waals surface area contributed by atoms with Crippen LogP contribution in [0.3, 0.4) is 0 Å². The fourth-order valence-electron chi connectivity index (χ4n) is 1.97. The molecule has 1 aromatic heterocycles. The van der Waals surface area contributed by atoms with E-state index in [-0.39, 0.29) is 12.6 Å². The van der Waals surface area contributed by atoms with Crippen molar-refractivity contribution in [3.63, 3.8) is 0 Å². The van der Waals surface area contributed by atoms with Gasteiger partial charge < -0.3 is 19.8 Å². The van der Waals surface area contributed by atoms with Crippen molar-refractivity contribution in [2.75, 3.05) is 25.1 Å². The van der Waals surface area contributed by atoms with Gasteiger partial charge in [-0.15, -0.1) is 5.10 Å². The lowest BCUT2D eigenvalue weighted by Crippen LogP contribution is -2.44. The molecule has 2 atom stereocenters. The Kier molecular flexibility index (Phi) is 3.40. The van der Waals surface area contributed by atoms with Crippen LogP contribution in [0.15, 0.2) is 4.42 Å². The molecule has 0 saturated carbocycles. The fraction of sp³-hybridized carbons (Fsp3) is 0.800. The van der Waals surface area contributed by atoms with Gasteiger partial charge in [0.05, 0.1) is 12.6 Å². The van der Waals surface area contributed by atoms with Crippen LogP contribution < -0.4 is 10.6 Å². The van der Waals surface area contributed by atoms with E-state index in [1.54, 1.807) is 7.11 Å². The van der Waals surface area contributed by atoms with Gasteiger partial charge in [-0.2, -0.15) is 0 Å². The highest BCUT2D eigenvalue weighted by Gasteiger charge is 2.28. The number of rotatable bonds is 3. The minimum Gasteiger partial charge on any atom is -0.407 e. The van der Waals surface area contributed by atoms with E-state index in [1.165, 1.54) is 0 Å². The second-order valence-electron chi connectivity index (χ2n) is 4.17. The minimum atomic E-state index is 0.224. The summed E-state index contributed by atoms with van der Waals surface area (Å²) in [5.74, 6) is 1.04. The highest BCUT2D eigenvalue weighted by atomic mass is 16.5. The van der Waals surface area contributed by atoms with Crippen LogP contribution in [0.5, 0.6) is 0 Å². The first-order chi connectivity index (χ1) is 7.74. The molecule has 2 N–H and O–H groups in total. The molecule has 0 aliphatic carbocycles. The highest BCUT2D eigenvalue weighted by molar-refractivity contribution is 5.25. The molecule has 1 saturated heterocycles. The Bertz CT molecular complexity index is 341. The van der Waals surface area contributed by atoms with Gasteiger partial charge in [0, 0.05) is 20.2 Å². The molecular weight excluding hydrogens is 208 g/mol. The maximum Gasteiger partial charge on any atom is 0.318 e. The molecule has 6 heteroatoms. The zero-order valence-electron chi connectivity index (χ0n) is 9.72. The van der Waals surface area contributed by atoms with Gasteiger partial charge in [-0.25, -0.2) is 0 Å². The van der Waals surface area contributed by atoms with Gasteiger partial charge >= 0.3 is 6.01 Å². The minimum absolute atomic E-state index is 0.224. The molecule has 0 amide bonds. The average molecular weight is 226 g/mol. The maximum absolute atomic E-state index is 5.43. The van der Waals surface area contributed by atoms with Gasteiger partial charge in [-0.1, -0.05) is 12.0 Å². The summed E-state index contributed by atoms with van der Waals surface area (Å²) in [4.78, 5) is 2.06. The van der Waals surface area contributed by atoms with Crippen LogP contribution in [0.2, 0.25) is 0 Å². The van der Waals surface area contributed by atoms with Crippen molar-refractivity contribution in [2.24, 2.45) is 11.7 Å². The van der Waals surface area contributed by atoms with Gasteiger partial charge in [0.2, 0.25) is 5.89 Å². The van der Waals surface area contributed by atoms with E-state index in [0.29, 0.717) is 17.8 Å². The first kappa shape index (κ1) is 11.3.